The minimum absolute atomic E-state index is 0.0110. The lowest BCUT2D eigenvalue weighted by molar-refractivity contribution is -0.132. The van der Waals surface area contributed by atoms with Gasteiger partial charge < -0.3 is 19.8 Å². The highest BCUT2D eigenvalue weighted by atomic mass is 16.5. The van der Waals surface area contributed by atoms with Crippen LogP contribution in [0, 0.1) is 6.92 Å². The first-order chi connectivity index (χ1) is 18.3. The molecule has 0 bridgehead atoms. The van der Waals surface area contributed by atoms with E-state index in [1.165, 1.54) is 11.0 Å². The van der Waals surface area contributed by atoms with E-state index in [0.717, 1.165) is 48.5 Å². The minimum atomic E-state index is -0.916. The maximum atomic E-state index is 13.5. The Bertz CT molecular complexity index is 1420. The van der Waals surface area contributed by atoms with Crippen molar-refractivity contribution in [1.29, 1.82) is 0 Å². The fraction of sp³-hybridized carbons (Fsp3) is 0.290. The highest BCUT2D eigenvalue weighted by molar-refractivity contribution is 6.52. The molecule has 0 radical (unpaired) electrons. The largest absolute Gasteiger partial charge is 0.507 e. The number of ether oxygens (including phenoxy) is 1. The molecule has 7 heteroatoms. The van der Waals surface area contributed by atoms with Gasteiger partial charge in [-0.15, -0.1) is 0 Å². The van der Waals surface area contributed by atoms with Gasteiger partial charge in [0, 0.05) is 24.3 Å². The molecule has 2 heterocycles. The van der Waals surface area contributed by atoms with Crippen molar-refractivity contribution in [2.75, 3.05) is 29.5 Å². The molecule has 196 valence electrons. The first-order valence-electron chi connectivity index (χ1n) is 13.1. The summed E-state index contributed by atoms with van der Waals surface area (Å²) in [4.78, 5) is 30.5. The van der Waals surface area contributed by atoms with Gasteiger partial charge in [-0.1, -0.05) is 18.2 Å². The van der Waals surface area contributed by atoms with E-state index < -0.39 is 17.7 Å². The summed E-state index contributed by atoms with van der Waals surface area (Å²) in [5.74, 6) is -1.19. The van der Waals surface area contributed by atoms with Crippen LogP contribution in [0.1, 0.15) is 48.6 Å². The molecule has 2 aliphatic rings. The monoisotopic (exact) mass is 512 g/mol. The Hall–Kier alpha value is -4.26. The predicted octanol–water partition coefficient (Wildman–Crippen LogP) is 5.50. The number of phenolic OH excluding ortho intramolecular Hbond substituents is 1. The first-order valence-corrected chi connectivity index (χ1v) is 13.1. The summed E-state index contributed by atoms with van der Waals surface area (Å²) < 4.78 is 5.70. The van der Waals surface area contributed by atoms with E-state index in [1.807, 2.05) is 37.3 Å². The number of aliphatic hydroxyl groups excluding tert-OH is 1. The molecule has 38 heavy (non-hydrogen) atoms. The molecular formula is C31H32N2O5. The fourth-order valence-electron chi connectivity index (χ4n) is 5.34. The van der Waals surface area contributed by atoms with Crippen LogP contribution < -0.4 is 14.5 Å². The number of Topliss-reactive ketones (excluding diaryl/α,β-unsaturated/α-hetero) is 1. The molecular weight excluding hydrogens is 480 g/mol. The van der Waals surface area contributed by atoms with E-state index in [4.69, 9.17) is 4.74 Å². The smallest absolute Gasteiger partial charge is 0.300 e. The van der Waals surface area contributed by atoms with E-state index in [9.17, 15) is 19.8 Å². The minimum Gasteiger partial charge on any atom is -0.507 e. The van der Waals surface area contributed by atoms with Crippen LogP contribution in [-0.4, -0.2) is 41.6 Å². The SMILES string of the molecule is CCN(CC)c1ccc(C2/C(=C(/O)c3ccc4c(c3)CCCO4)C(=O)C(=O)N2c2cc(C)ccc2O)cc1. The number of aryl methyl sites for hydroxylation is 2. The van der Waals surface area contributed by atoms with Crippen molar-refractivity contribution < 1.29 is 24.5 Å². The second-order valence-electron chi connectivity index (χ2n) is 9.70. The number of carbonyl (C=O) groups excluding carboxylic acids is 2. The molecule has 1 atom stereocenters. The molecule has 7 nitrogen and oxygen atoms in total. The number of benzene rings is 3. The number of aromatic hydroxyl groups is 1. The summed E-state index contributed by atoms with van der Waals surface area (Å²) >= 11 is 0. The number of ketones is 1. The van der Waals surface area contributed by atoms with Crippen LogP contribution in [0.3, 0.4) is 0 Å². The number of hydrogen-bond donors (Lipinski definition) is 2. The number of hydrogen-bond acceptors (Lipinski definition) is 6. The maximum absolute atomic E-state index is 13.5. The first kappa shape index (κ1) is 25.4. The molecule has 2 N–H and O–H groups in total. The number of carbonyl (C=O) groups is 2. The number of amides is 1. The quantitative estimate of drug-likeness (QED) is 0.258. The molecule has 1 unspecified atom stereocenters. The summed E-state index contributed by atoms with van der Waals surface area (Å²) in [6.07, 6.45) is 1.67. The standard InChI is InChI=1S/C31H32N2O5/c1-4-32(5-2)23-12-9-20(10-13-23)28-27(29(35)22-11-15-26-21(18-22)7-6-16-38-26)30(36)31(37)33(28)24-17-19(3)8-14-25(24)34/h8-15,17-18,28,34-35H,4-7,16H2,1-3H3/b29-27-. The highest BCUT2D eigenvalue weighted by Crippen LogP contribution is 2.45. The second kappa shape index (κ2) is 10.2. The molecule has 1 fully saturated rings. The van der Waals surface area contributed by atoms with Crippen molar-refractivity contribution in [3.8, 4) is 11.5 Å². The summed E-state index contributed by atoms with van der Waals surface area (Å²) in [5.41, 5.74) is 4.11. The van der Waals surface area contributed by atoms with Gasteiger partial charge in [-0.2, -0.15) is 0 Å². The predicted molar refractivity (Wildman–Crippen MR) is 148 cm³/mol. The van der Waals surface area contributed by atoms with Gasteiger partial charge >= 0.3 is 0 Å². The van der Waals surface area contributed by atoms with Gasteiger partial charge in [-0.3, -0.25) is 14.5 Å². The van der Waals surface area contributed by atoms with Gasteiger partial charge in [0.2, 0.25) is 0 Å². The number of nitrogens with zero attached hydrogens (tertiary/aromatic N) is 2. The lowest BCUT2D eigenvalue weighted by Crippen LogP contribution is -2.29. The van der Waals surface area contributed by atoms with E-state index in [-0.39, 0.29) is 22.8 Å². The van der Waals surface area contributed by atoms with Crippen LogP contribution in [0.15, 0.2) is 66.2 Å². The van der Waals surface area contributed by atoms with Crippen molar-refractivity contribution in [2.45, 2.75) is 39.7 Å². The van der Waals surface area contributed by atoms with Crippen molar-refractivity contribution in [3.05, 3.63) is 88.5 Å². The van der Waals surface area contributed by atoms with Gasteiger partial charge in [-0.05, 0) is 92.8 Å². The Morgan fingerprint density at radius 3 is 2.47 bits per heavy atom. The van der Waals surface area contributed by atoms with Crippen LogP contribution in [0.25, 0.3) is 5.76 Å². The molecule has 0 saturated carbocycles. The molecule has 1 saturated heterocycles. The van der Waals surface area contributed by atoms with Gasteiger partial charge in [-0.25, -0.2) is 0 Å². The molecule has 2 aliphatic heterocycles. The maximum Gasteiger partial charge on any atom is 0.300 e. The zero-order chi connectivity index (χ0) is 27.0. The zero-order valence-electron chi connectivity index (χ0n) is 21.9. The van der Waals surface area contributed by atoms with Gasteiger partial charge in [0.15, 0.2) is 0 Å². The van der Waals surface area contributed by atoms with E-state index in [1.54, 1.807) is 24.3 Å². The molecule has 0 spiro atoms. The molecule has 3 aromatic carbocycles. The molecule has 1 amide bonds. The normalized spacial score (nSPS) is 18.3. The number of fused-ring (bicyclic) bond motifs is 1. The third kappa shape index (κ3) is 4.38. The number of phenols is 1. The Kier molecular flexibility index (Phi) is 6.85. The number of aliphatic hydroxyl groups is 1. The average molecular weight is 513 g/mol. The van der Waals surface area contributed by atoms with Crippen LogP contribution >= 0.6 is 0 Å². The van der Waals surface area contributed by atoms with Crippen LogP contribution in [0.4, 0.5) is 11.4 Å². The summed E-state index contributed by atoms with van der Waals surface area (Å²) in [7, 11) is 0. The lowest BCUT2D eigenvalue weighted by atomic mass is 9.93. The topological polar surface area (TPSA) is 90.3 Å². The third-order valence-corrected chi connectivity index (χ3v) is 7.35. The van der Waals surface area contributed by atoms with Crippen molar-refractivity contribution in [3.63, 3.8) is 0 Å². The Morgan fingerprint density at radius 2 is 1.76 bits per heavy atom. The van der Waals surface area contributed by atoms with E-state index in [2.05, 4.69) is 18.7 Å². The molecule has 3 aromatic rings. The zero-order valence-corrected chi connectivity index (χ0v) is 21.9. The highest BCUT2D eigenvalue weighted by Gasteiger charge is 2.47. The Labute approximate surface area is 222 Å². The summed E-state index contributed by atoms with van der Waals surface area (Å²) in [5, 5.41) is 22.2. The number of anilines is 2. The van der Waals surface area contributed by atoms with Crippen LogP contribution in [0.2, 0.25) is 0 Å². The third-order valence-electron chi connectivity index (χ3n) is 7.35. The van der Waals surface area contributed by atoms with E-state index >= 15 is 0 Å². The Morgan fingerprint density at radius 1 is 1.03 bits per heavy atom. The molecule has 0 aromatic heterocycles. The van der Waals surface area contributed by atoms with Gasteiger partial charge in [0.1, 0.15) is 17.3 Å². The number of rotatable bonds is 6. The lowest BCUT2D eigenvalue weighted by Gasteiger charge is -2.27. The molecule has 0 aliphatic carbocycles. The van der Waals surface area contributed by atoms with Gasteiger partial charge in [0.25, 0.3) is 11.7 Å². The second-order valence-corrected chi connectivity index (χ2v) is 9.70. The molecule has 5 rings (SSSR count). The van der Waals surface area contributed by atoms with Crippen molar-refractivity contribution in [2.24, 2.45) is 0 Å². The van der Waals surface area contributed by atoms with Crippen LogP contribution in [-0.2, 0) is 16.0 Å². The fourth-order valence-corrected chi connectivity index (χ4v) is 5.34. The van der Waals surface area contributed by atoms with Crippen molar-refractivity contribution >= 4 is 28.8 Å². The summed E-state index contributed by atoms with van der Waals surface area (Å²) in [6, 6.07) is 17.0. The van der Waals surface area contributed by atoms with E-state index in [0.29, 0.717) is 17.7 Å². The summed E-state index contributed by atoms with van der Waals surface area (Å²) in [6.45, 7) is 8.34. The average Bonchev–Trinajstić information content (AvgIpc) is 3.20. The van der Waals surface area contributed by atoms with Crippen LogP contribution in [0.5, 0.6) is 11.5 Å². The van der Waals surface area contributed by atoms with Crippen molar-refractivity contribution in [1.82, 2.24) is 0 Å². The van der Waals surface area contributed by atoms with Gasteiger partial charge in [0.05, 0.1) is 23.9 Å². The Balaban J connectivity index is 1.68.